The Bertz CT molecular complexity index is 807. The van der Waals surface area contributed by atoms with Crippen molar-refractivity contribution in [3.05, 3.63) is 65.7 Å². The Hall–Kier alpha value is -2.66. The number of amides is 2. The zero-order chi connectivity index (χ0) is 19.9. The summed E-state index contributed by atoms with van der Waals surface area (Å²) in [4.78, 5) is 27.5. The van der Waals surface area contributed by atoms with Crippen molar-refractivity contribution in [1.82, 2.24) is 10.6 Å². The van der Waals surface area contributed by atoms with Crippen molar-refractivity contribution in [2.75, 3.05) is 18.5 Å². The summed E-state index contributed by atoms with van der Waals surface area (Å²) in [6, 6.07) is 17.6. The molecule has 0 aliphatic carbocycles. The molecule has 5 nitrogen and oxygen atoms in total. The lowest BCUT2D eigenvalue weighted by atomic mass is 10.1. The largest absolute Gasteiger partial charge is 0.343 e. The van der Waals surface area contributed by atoms with Crippen molar-refractivity contribution in [1.29, 1.82) is 0 Å². The first-order valence-electron chi connectivity index (χ1n) is 10.0. The fourth-order valence-corrected chi connectivity index (χ4v) is 3.59. The molecule has 0 aromatic heterocycles. The van der Waals surface area contributed by atoms with Crippen LogP contribution in [0, 0.1) is 0 Å². The number of aryl methyl sites for hydroxylation is 2. The Labute approximate surface area is 167 Å². The molecule has 2 aromatic carbocycles. The topological polar surface area (TPSA) is 61.4 Å². The number of rotatable bonds is 7. The summed E-state index contributed by atoms with van der Waals surface area (Å²) in [6.07, 6.45) is 3.18. The van der Waals surface area contributed by atoms with Crippen molar-refractivity contribution in [2.45, 2.75) is 44.7 Å². The molecular formula is C23H29N3O2. The molecule has 5 heteroatoms. The van der Waals surface area contributed by atoms with Crippen LogP contribution in [0.2, 0.25) is 0 Å². The van der Waals surface area contributed by atoms with Gasteiger partial charge in [-0.1, -0.05) is 48.5 Å². The molecule has 28 heavy (non-hydrogen) atoms. The van der Waals surface area contributed by atoms with Gasteiger partial charge in [-0.15, -0.1) is 0 Å². The average Bonchev–Trinajstić information content (AvgIpc) is 2.86. The van der Waals surface area contributed by atoms with Crippen LogP contribution in [0.25, 0.3) is 0 Å². The molecule has 2 unspecified atom stereocenters. The number of hydrogen-bond acceptors (Lipinski definition) is 3. The van der Waals surface area contributed by atoms with Gasteiger partial charge in [-0.2, -0.15) is 0 Å². The standard InChI is InChI=1S/C23H29N3O2/c1-17(24-2)22(27)25-20-15-14-19-12-6-7-13-21(19)26(23(20)28)16-8-11-18-9-4-3-5-10-18/h3-7,9-10,12-13,17,20,24H,8,11,14-16H2,1-2H3,(H,25,27). The van der Waals surface area contributed by atoms with E-state index in [-0.39, 0.29) is 17.9 Å². The van der Waals surface area contributed by atoms with Crippen LogP contribution < -0.4 is 15.5 Å². The molecule has 1 heterocycles. The maximum Gasteiger partial charge on any atom is 0.249 e. The lowest BCUT2D eigenvalue weighted by Gasteiger charge is -2.27. The molecule has 0 bridgehead atoms. The minimum absolute atomic E-state index is 0.0188. The van der Waals surface area contributed by atoms with Crippen molar-refractivity contribution >= 4 is 17.5 Å². The fraction of sp³-hybridized carbons (Fsp3) is 0.391. The number of benzene rings is 2. The third-order valence-corrected chi connectivity index (χ3v) is 5.38. The Morgan fingerprint density at radius 2 is 1.86 bits per heavy atom. The average molecular weight is 380 g/mol. The number of likely N-dealkylation sites (N-methyl/N-ethyl adjacent to an activating group) is 1. The molecule has 0 fully saturated rings. The first-order valence-corrected chi connectivity index (χ1v) is 10.0. The van der Waals surface area contributed by atoms with Gasteiger partial charge in [0.25, 0.3) is 0 Å². The summed E-state index contributed by atoms with van der Waals surface area (Å²) in [7, 11) is 1.74. The van der Waals surface area contributed by atoms with E-state index in [0.29, 0.717) is 13.0 Å². The van der Waals surface area contributed by atoms with E-state index in [1.165, 1.54) is 5.56 Å². The number of fused-ring (bicyclic) bond motifs is 1. The lowest BCUT2D eigenvalue weighted by Crippen LogP contribution is -2.52. The van der Waals surface area contributed by atoms with E-state index in [4.69, 9.17) is 0 Å². The van der Waals surface area contributed by atoms with Crippen LogP contribution >= 0.6 is 0 Å². The smallest absolute Gasteiger partial charge is 0.249 e. The second kappa shape index (κ2) is 9.51. The molecule has 148 valence electrons. The van der Waals surface area contributed by atoms with Crippen molar-refractivity contribution < 1.29 is 9.59 Å². The highest BCUT2D eigenvalue weighted by molar-refractivity contribution is 6.00. The summed E-state index contributed by atoms with van der Waals surface area (Å²) in [5, 5.41) is 5.87. The van der Waals surface area contributed by atoms with Crippen LogP contribution in [0.3, 0.4) is 0 Å². The highest BCUT2D eigenvalue weighted by Gasteiger charge is 2.31. The first-order chi connectivity index (χ1) is 13.6. The minimum atomic E-state index is -0.493. The van der Waals surface area contributed by atoms with Crippen LogP contribution in [-0.4, -0.2) is 37.5 Å². The van der Waals surface area contributed by atoms with Gasteiger partial charge < -0.3 is 15.5 Å². The summed E-state index contributed by atoms with van der Waals surface area (Å²) in [6.45, 7) is 2.43. The van der Waals surface area contributed by atoms with Gasteiger partial charge in [0.2, 0.25) is 11.8 Å². The van der Waals surface area contributed by atoms with E-state index >= 15 is 0 Å². The van der Waals surface area contributed by atoms with Crippen LogP contribution in [0.4, 0.5) is 5.69 Å². The molecule has 0 radical (unpaired) electrons. The predicted molar refractivity (Wildman–Crippen MR) is 112 cm³/mol. The minimum Gasteiger partial charge on any atom is -0.343 e. The van der Waals surface area contributed by atoms with Gasteiger partial charge >= 0.3 is 0 Å². The third-order valence-electron chi connectivity index (χ3n) is 5.38. The number of anilines is 1. The van der Waals surface area contributed by atoms with Crippen LogP contribution in [0.15, 0.2) is 54.6 Å². The van der Waals surface area contributed by atoms with Crippen molar-refractivity contribution in [3.63, 3.8) is 0 Å². The fourth-order valence-electron chi connectivity index (χ4n) is 3.59. The van der Waals surface area contributed by atoms with Gasteiger partial charge in [-0.3, -0.25) is 9.59 Å². The predicted octanol–water partition coefficient (Wildman–Crippen LogP) is 2.69. The van der Waals surface area contributed by atoms with Crippen LogP contribution in [0.5, 0.6) is 0 Å². The van der Waals surface area contributed by atoms with Crippen LogP contribution in [-0.2, 0) is 22.4 Å². The maximum atomic E-state index is 13.3. The summed E-state index contributed by atoms with van der Waals surface area (Å²) < 4.78 is 0. The second-order valence-electron chi connectivity index (χ2n) is 7.32. The van der Waals surface area contributed by atoms with E-state index in [1.807, 2.05) is 41.3 Å². The number of nitrogens with zero attached hydrogens (tertiary/aromatic N) is 1. The van der Waals surface area contributed by atoms with Gasteiger partial charge in [0.1, 0.15) is 6.04 Å². The number of carbonyl (C=O) groups is 2. The van der Waals surface area contributed by atoms with E-state index in [2.05, 4.69) is 28.8 Å². The van der Waals surface area contributed by atoms with E-state index < -0.39 is 6.04 Å². The van der Waals surface area contributed by atoms with Gasteiger partial charge in [0, 0.05) is 12.2 Å². The molecule has 2 amide bonds. The van der Waals surface area contributed by atoms with E-state index in [1.54, 1.807) is 14.0 Å². The summed E-state index contributed by atoms with van der Waals surface area (Å²) in [5.74, 6) is -0.161. The Kier molecular flexibility index (Phi) is 6.82. The molecule has 1 aliphatic rings. The zero-order valence-electron chi connectivity index (χ0n) is 16.7. The van der Waals surface area contributed by atoms with Crippen molar-refractivity contribution in [3.8, 4) is 0 Å². The molecule has 2 aromatic rings. The Morgan fingerprint density at radius 3 is 2.61 bits per heavy atom. The highest BCUT2D eigenvalue weighted by atomic mass is 16.2. The molecule has 3 rings (SSSR count). The van der Waals surface area contributed by atoms with Crippen LogP contribution in [0.1, 0.15) is 30.9 Å². The maximum absolute atomic E-state index is 13.3. The first kappa shape index (κ1) is 20.1. The second-order valence-corrected chi connectivity index (χ2v) is 7.32. The Balaban J connectivity index is 1.75. The molecular weight excluding hydrogens is 350 g/mol. The molecule has 0 saturated heterocycles. The third kappa shape index (κ3) is 4.78. The molecule has 2 N–H and O–H groups in total. The van der Waals surface area contributed by atoms with Gasteiger partial charge in [0.05, 0.1) is 6.04 Å². The van der Waals surface area contributed by atoms with Gasteiger partial charge in [-0.25, -0.2) is 0 Å². The monoisotopic (exact) mass is 379 g/mol. The SMILES string of the molecule is CNC(C)C(=O)NC1CCc2ccccc2N(CCCc2ccccc2)C1=O. The quantitative estimate of drug-likeness (QED) is 0.778. The Morgan fingerprint density at radius 1 is 1.14 bits per heavy atom. The number of para-hydroxylation sites is 1. The van der Waals surface area contributed by atoms with E-state index in [0.717, 1.165) is 30.5 Å². The van der Waals surface area contributed by atoms with Gasteiger partial charge in [-0.05, 0) is 56.8 Å². The summed E-state index contributed by atoms with van der Waals surface area (Å²) in [5.41, 5.74) is 3.40. The lowest BCUT2D eigenvalue weighted by molar-refractivity contribution is -0.128. The molecule has 2 atom stereocenters. The molecule has 0 saturated carbocycles. The number of hydrogen-bond donors (Lipinski definition) is 2. The highest BCUT2D eigenvalue weighted by Crippen LogP contribution is 2.27. The molecule has 1 aliphatic heterocycles. The van der Waals surface area contributed by atoms with Crippen molar-refractivity contribution in [2.24, 2.45) is 0 Å². The normalized spacial score (nSPS) is 17.6. The summed E-state index contributed by atoms with van der Waals surface area (Å²) >= 11 is 0. The zero-order valence-corrected chi connectivity index (χ0v) is 16.7. The number of nitrogens with one attached hydrogen (secondary N) is 2. The molecule has 0 spiro atoms. The van der Waals surface area contributed by atoms with Gasteiger partial charge in [0.15, 0.2) is 0 Å². The van der Waals surface area contributed by atoms with E-state index in [9.17, 15) is 9.59 Å². The number of carbonyl (C=O) groups excluding carboxylic acids is 2.